The molecule has 37 heavy (non-hydrogen) atoms. The van der Waals surface area contributed by atoms with Gasteiger partial charge in [0.1, 0.15) is 0 Å². The maximum atomic E-state index is 15.7. The fourth-order valence-corrected chi connectivity index (χ4v) is 9.13. The molecule has 3 N–H and O–H groups in total. The van der Waals surface area contributed by atoms with E-state index in [1.807, 2.05) is 55.5 Å². The Hall–Kier alpha value is -2.59. The van der Waals surface area contributed by atoms with Gasteiger partial charge in [0.25, 0.3) is 5.91 Å². The highest BCUT2D eigenvalue weighted by atomic mass is 28.4. The van der Waals surface area contributed by atoms with E-state index in [2.05, 4.69) is 10.6 Å². The Kier molecular flexibility index (Phi) is 6.99. The van der Waals surface area contributed by atoms with Crippen LogP contribution in [0, 0.1) is 5.92 Å². The summed E-state index contributed by atoms with van der Waals surface area (Å²) >= 11 is 0. The monoisotopic (exact) mass is 525 g/mol. The van der Waals surface area contributed by atoms with Crippen LogP contribution in [0.15, 0.2) is 48.5 Å². The number of fused-ring (bicyclic) bond motifs is 2. The van der Waals surface area contributed by atoms with E-state index in [1.165, 1.54) is 0 Å². The van der Waals surface area contributed by atoms with Crippen molar-refractivity contribution in [2.45, 2.75) is 69.1 Å². The highest BCUT2D eigenvalue weighted by Gasteiger charge is 2.66. The summed E-state index contributed by atoms with van der Waals surface area (Å²) in [7, 11) is -3.27. The van der Waals surface area contributed by atoms with Gasteiger partial charge >= 0.3 is 0 Å². The lowest BCUT2D eigenvalue weighted by Crippen LogP contribution is -2.45. The van der Waals surface area contributed by atoms with Gasteiger partial charge in [0.05, 0.1) is 24.4 Å². The molecule has 0 unspecified atom stereocenters. The van der Waals surface area contributed by atoms with E-state index in [4.69, 9.17) is 4.74 Å². The Morgan fingerprint density at radius 3 is 2.68 bits per heavy atom. The van der Waals surface area contributed by atoms with E-state index in [0.29, 0.717) is 23.5 Å². The first kappa shape index (κ1) is 26.0. The van der Waals surface area contributed by atoms with Gasteiger partial charge in [0.15, 0.2) is 5.60 Å². The van der Waals surface area contributed by atoms with Crippen LogP contribution in [0.5, 0.6) is 0 Å². The molecule has 2 fully saturated rings. The van der Waals surface area contributed by atoms with Gasteiger partial charge in [-0.3, -0.25) is 9.59 Å². The number of aliphatic hydroxyl groups is 1. The number of nitrogens with zero attached hydrogens (tertiary/aromatic N) is 1. The Morgan fingerprint density at radius 1 is 1.27 bits per heavy atom. The van der Waals surface area contributed by atoms with Crippen LogP contribution in [0.4, 0.5) is 15.5 Å². The van der Waals surface area contributed by atoms with Crippen LogP contribution in [0.1, 0.15) is 37.3 Å². The molecule has 0 bridgehead atoms. The largest absolute Gasteiger partial charge is 0.396 e. The lowest BCUT2D eigenvalue weighted by molar-refractivity contribution is -0.146. The molecule has 2 aromatic rings. The summed E-state index contributed by atoms with van der Waals surface area (Å²) in [5.74, 6) is -0.764. The van der Waals surface area contributed by atoms with Crippen molar-refractivity contribution >= 4 is 31.6 Å². The van der Waals surface area contributed by atoms with Gasteiger partial charge in [-0.25, -0.2) is 0 Å². The molecule has 2 amide bonds. The number of benzene rings is 2. The molecule has 9 heteroatoms. The standard InChI is InChI=1S/C28H36FN3O4Si/c1-18-25(37(2,3)29)24(13-15-33)36-28(18)21-16-20(31-26(34)22-10-7-14-30-22)11-12-23(21)32(27(28)35)17-19-8-5-4-6-9-19/h4-6,8-9,11-12,16,18,22,24-25,30,33H,7,10,13-15,17H2,1-3H3,(H,31,34)/t18-,22+,24+,25-,28+/m0/s1. The molecule has 0 aromatic heterocycles. The predicted molar refractivity (Wildman–Crippen MR) is 143 cm³/mol. The molecule has 2 aromatic carbocycles. The van der Waals surface area contributed by atoms with Crippen LogP contribution in [0.3, 0.4) is 0 Å². The number of carbonyl (C=O) groups excluding carboxylic acids is 2. The second-order valence-corrected chi connectivity index (χ2v) is 14.8. The Bertz CT molecular complexity index is 1170. The minimum atomic E-state index is -3.27. The predicted octanol–water partition coefficient (Wildman–Crippen LogP) is 4.08. The van der Waals surface area contributed by atoms with Crippen LogP contribution in [-0.2, 0) is 26.5 Å². The fourth-order valence-electron chi connectivity index (χ4n) is 6.58. The molecule has 5 rings (SSSR count). The second kappa shape index (κ2) is 9.94. The second-order valence-electron chi connectivity index (χ2n) is 11.0. The SMILES string of the molecule is C[C@H]1[C@H]([Si](C)(C)F)[C@@H](CCO)O[C@]12C(=O)N(Cc1ccccc1)c1ccc(NC(=O)[C@H]3CCCN3)cc12. The number of anilines is 2. The third-order valence-electron chi connectivity index (χ3n) is 8.20. The van der Waals surface area contributed by atoms with Crippen molar-refractivity contribution in [3.63, 3.8) is 0 Å². The minimum Gasteiger partial charge on any atom is -0.396 e. The van der Waals surface area contributed by atoms with Crippen molar-refractivity contribution in [3.8, 4) is 0 Å². The molecule has 0 aliphatic carbocycles. The zero-order valence-corrected chi connectivity index (χ0v) is 22.7. The van der Waals surface area contributed by atoms with E-state index in [1.54, 1.807) is 18.0 Å². The van der Waals surface area contributed by atoms with E-state index in [9.17, 15) is 14.7 Å². The molecule has 2 saturated heterocycles. The fraction of sp³-hybridized carbons (Fsp3) is 0.500. The zero-order chi connectivity index (χ0) is 26.4. The number of nitrogens with one attached hydrogen (secondary N) is 2. The number of ether oxygens (including phenoxy) is 1. The van der Waals surface area contributed by atoms with Crippen molar-refractivity contribution in [2.24, 2.45) is 5.92 Å². The molecule has 7 nitrogen and oxygen atoms in total. The van der Waals surface area contributed by atoms with Crippen LogP contribution in [0.2, 0.25) is 18.6 Å². The van der Waals surface area contributed by atoms with Crippen molar-refractivity contribution in [3.05, 3.63) is 59.7 Å². The first-order valence-corrected chi connectivity index (χ1v) is 16.1. The topological polar surface area (TPSA) is 90.9 Å². The normalized spacial score (nSPS) is 29.2. The highest BCUT2D eigenvalue weighted by Crippen LogP contribution is 2.60. The maximum absolute atomic E-state index is 15.7. The lowest BCUT2D eigenvalue weighted by atomic mass is 9.82. The average molecular weight is 526 g/mol. The van der Waals surface area contributed by atoms with E-state index < -0.39 is 31.6 Å². The van der Waals surface area contributed by atoms with Gasteiger partial charge in [-0.1, -0.05) is 37.3 Å². The van der Waals surface area contributed by atoms with Crippen LogP contribution in [-0.4, -0.2) is 50.6 Å². The molecule has 3 aliphatic heterocycles. The number of aliphatic hydroxyl groups excluding tert-OH is 1. The summed E-state index contributed by atoms with van der Waals surface area (Å²) < 4.78 is 22.3. The van der Waals surface area contributed by atoms with Crippen molar-refractivity contribution < 1.29 is 23.5 Å². The first-order valence-electron chi connectivity index (χ1n) is 13.2. The zero-order valence-electron chi connectivity index (χ0n) is 21.7. The maximum Gasteiger partial charge on any atom is 0.264 e. The van der Waals surface area contributed by atoms with Gasteiger partial charge in [-0.15, -0.1) is 0 Å². The molecule has 5 atom stereocenters. The number of hydrogen-bond donors (Lipinski definition) is 3. The Labute approximate surface area is 218 Å². The quantitative estimate of drug-likeness (QED) is 0.374. The molecule has 0 radical (unpaired) electrons. The summed E-state index contributed by atoms with van der Waals surface area (Å²) in [6, 6.07) is 15.0. The molecular formula is C28H36FN3O4Si. The van der Waals surface area contributed by atoms with Crippen LogP contribution in [0.25, 0.3) is 0 Å². The summed E-state index contributed by atoms with van der Waals surface area (Å²) in [5.41, 5.74) is 1.08. The molecule has 3 aliphatic rings. The van der Waals surface area contributed by atoms with Gasteiger partial charge in [0, 0.05) is 29.3 Å². The van der Waals surface area contributed by atoms with Gasteiger partial charge in [0.2, 0.25) is 14.3 Å². The van der Waals surface area contributed by atoms with E-state index in [0.717, 1.165) is 24.9 Å². The van der Waals surface area contributed by atoms with Crippen molar-refractivity contribution in [1.82, 2.24) is 5.32 Å². The van der Waals surface area contributed by atoms with Gasteiger partial charge in [-0.05, 0) is 62.7 Å². The van der Waals surface area contributed by atoms with E-state index >= 15 is 4.11 Å². The number of hydrogen-bond acceptors (Lipinski definition) is 5. The van der Waals surface area contributed by atoms with Gasteiger partial charge in [-0.2, -0.15) is 0 Å². The highest BCUT2D eigenvalue weighted by molar-refractivity contribution is 6.72. The van der Waals surface area contributed by atoms with Gasteiger partial charge < -0.3 is 29.5 Å². The average Bonchev–Trinajstić information content (AvgIpc) is 3.55. The Morgan fingerprint density at radius 2 is 2.03 bits per heavy atom. The molecule has 3 heterocycles. The number of amides is 2. The summed E-state index contributed by atoms with van der Waals surface area (Å²) in [6.45, 7) is 6.22. The lowest BCUT2D eigenvalue weighted by Gasteiger charge is -2.31. The van der Waals surface area contributed by atoms with Crippen molar-refractivity contribution in [1.29, 1.82) is 0 Å². The van der Waals surface area contributed by atoms with E-state index in [-0.39, 0.29) is 30.9 Å². The van der Waals surface area contributed by atoms with Crippen LogP contribution >= 0.6 is 0 Å². The first-order chi connectivity index (χ1) is 17.7. The van der Waals surface area contributed by atoms with Crippen molar-refractivity contribution in [2.75, 3.05) is 23.4 Å². The number of halogens is 1. The molecule has 1 spiro atoms. The third kappa shape index (κ3) is 4.52. The minimum absolute atomic E-state index is 0.106. The number of rotatable bonds is 7. The molecular weight excluding hydrogens is 489 g/mol. The van der Waals surface area contributed by atoms with Crippen LogP contribution < -0.4 is 15.5 Å². The number of carbonyl (C=O) groups is 2. The summed E-state index contributed by atoms with van der Waals surface area (Å²) in [5, 5.41) is 16.0. The molecule has 198 valence electrons. The summed E-state index contributed by atoms with van der Waals surface area (Å²) in [6.07, 6.45) is 1.43. The Balaban J connectivity index is 1.58. The summed E-state index contributed by atoms with van der Waals surface area (Å²) in [4.78, 5) is 28.8. The third-order valence-corrected chi connectivity index (χ3v) is 10.7. The smallest absolute Gasteiger partial charge is 0.264 e. The molecule has 0 saturated carbocycles.